The Labute approximate surface area is 102 Å². The molecule has 1 fully saturated rings. The first kappa shape index (κ1) is 11.8. The minimum atomic E-state index is 0.423. The Balaban J connectivity index is 2.00. The van der Waals surface area contributed by atoms with Crippen LogP contribution < -0.4 is 11.5 Å². The van der Waals surface area contributed by atoms with Crippen LogP contribution in [0.3, 0.4) is 0 Å². The van der Waals surface area contributed by atoms with Crippen LogP contribution in [0.2, 0.25) is 0 Å². The predicted octanol–water partition coefficient (Wildman–Crippen LogP) is 2.94. The third-order valence-electron chi connectivity index (χ3n) is 3.18. The zero-order chi connectivity index (χ0) is 11.5. The molecule has 0 heterocycles. The van der Waals surface area contributed by atoms with Gasteiger partial charge in [-0.15, -0.1) is 11.8 Å². The lowest BCUT2D eigenvalue weighted by molar-refractivity contribution is 0.451. The molecule has 0 unspecified atom stereocenters. The van der Waals surface area contributed by atoms with E-state index in [2.05, 4.69) is 19.1 Å². The van der Waals surface area contributed by atoms with Crippen molar-refractivity contribution < 1.29 is 0 Å². The molecule has 88 valence electrons. The van der Waals surface area contributed by atoms with Gasteiger partial charge in [0.1, 0.15) is 0 Å². The van der Waals surface area contributed by atoms with Gasteiger partial charge in [0.05, 0.1) is 0 Å². The summed E-state index contributed by atoms with van der Waals surface area (Å²) in [5.74, 6) is 0. The Bertz CT molecular complexity index is 357. The fraction of sp³-hybridized carbons (Fsp3) is 0.538. The van der Waals surface area contributed by atoms with E-state index in [9.17, 15) is 0 Å². The van der Waals surface area contributed by atoms with Crippen LogP contribution in [0.5, 0.6) is 0 Å². The summed E-state index contributed by atoms with van der Waals surface area (Å²) < 4.78 is 0. The van der Waals surface area contributed by atoms with E-state index in [0.717, 1.165) is 18.5 Å². The minimum absolute atomic E-state index is 0.423. The summed E-state index contributed by atoms with van der Waals surface area (Å²) in [5.41, 5.74) is 14.1. The lowest BCUT2D eigenvalue weighted by Crippen LogP contribution is -2.27. The quantitative estimate of drug-likeness (QED) is 0.776. The second kappa shape index (κ2) is 5.11. The number of anilines is 1. The molecule has 0 aromatic heterocycles. The van der Waals surface area contributed by atoms with E-state index in [1.54, 1.807) is 0 Å². The first-order valence-electron chi connectivity index (χ1n) is 5.93. The van der Waals surface area contributed by atoms with Gasteiger partial charge in [-0.1, -0.05) is 6.07 Å². The van der Waals surface area contributed by atoms with Gasteiger partial charge in [-0.25, -0.2) is 0 Å². The Hall–Kier alpha value is -0.670. The summed E-state index contributed by atoms with van der Waals surface area (Å²) in [7, 11) is 0. The molecule has 1 aromatic carbocycles. The van der Waals surface area contributed by atoms with E-state index < -0.39 is 0 Å². The largest absolute Gasteiger partial charge is 0.398 e. The molecule has 2 nitrogen and oxygen atoms in total. The molecular weight excluding hydrogens is 216 g/mol. The van der Waals surface area contributed by atoms with Crippen molar-refractivity contribution in [2.24, 2.45) is 5.73 Å². The van der Waals surface area contributed by atoms with E-state index in [-0.39, 0.29) is 0 Å². The van der Waals surface area contributed by atoms with E-state index in [1.807, 2.05) is 17.8 Å². The zero-order valence-corrected chi connectivity index (χ0v) is 10.6. The van der Waals surface area contributed by atoms with Gasteiger partial charge in [-0.2, -0.15) is 0 Å². The molecule has 1 aromatic rings. The van der Waals surface area contributed by atoms with Gasteiger partial charge < -0.3 is 11.5 Å². The van der Waals surface area contributed by atoms with E-state index in [4.69, 9.17) is 11.5 Å². The van der Waals surface area contributed by atoms with Crippen LogP contribution in [0.4, 0.5) is 5.69 Å². The number of aryl methyl sites for hydroxylation is 1. The molecular formula is C13H20N2S. The van der Waals surface area contributed by atoms with Crippen molar-refractivity contribution >= 4 is 17.4 Å². The normalized spacial score (nSPS) is 25.6. The molecule has 4 N–H and O–H groups in total. The summed E-state index contributed by atoms with van der Waals surface area (Å²) in [6, 6.07) is 6.68. The van der Waals surface area contributed by atoms with E-state index in [0.29, 0.717) is 11.3 Å². The van der Waals surface area contributed by atoms with Crippen molar-refractivity contribution in [3.63, 3.8) is 0 Å². The highest BCUT2D eigenvalue weighted by Gasteiger charge is 2.19. The third-order valence-corrected chi connectivity index (χ3v) is 4.59. The summed E-state index contributed by atoms with van der Waals surface area (Å²) >= 11 is 1.93. The summed E-state index contributed by atoms with van der Waals surface area (Å²) in [5, 5.41) is 0.698. The van der Waals surface area contributed by atoms with Gasteiger partial charge in [0, 0.05) is 21.9 Å². The summed E-state index contributed by atoms with van der Waals surface area (Å²) in [4.78, 5) is 1.24. The molecule has 0 radical (unpaired) electrons. The standard InChI is InChI=1S/C13H20N2S/c1-9-2-7-12(15)13(8-9)16-11-5-3-10(14)4-6-11/h2,7-8,10-11H,3-6,14-15H2,1H3. The van der Waals surface area contributed by atoms with Gasteiger partial charge in [-0.05, 0) is 50.3 Å². The number of nitrogen functional groups attached to an aromatic ring is 1. The van der Waals surface area contributed by atoms with Crippen molar-refractivity contribution in [1.29, 1.82) is 0 Å². The molecule has 0 bridgehead atoms. The third kappa shape index (κ3) is 2.92. The summed E-state index contributed by atoms with van der Waals surface area (Å²) in [6.07, 6.45) is 4.76. The van der Waals surface area contributed by atoms with Crippen molar-refractivity contribution in [2.45, 2.75) is 48.8 Å². The molecule has 0 saturated heterocycles. The second-order valence-corrected chi connectivity index (χ2v) is 6.04. The van der Waals surface area contributed by atoms with Crippen molar-refractivity contribution in [1.82, 2.24) is 0 Å². The van der Waals surface area contributed by atoms with Crippen LogP contribution in [0.1, 0.15) is 31.2 Å². The molecule has 2 rings (SSSR count). The lowest BCUT2D eigenvalue weighted by Gasteiger charge is -2.26. The van der Waals surface area contributed by atoms with Crippen LogP contribution in [-0.4, -0.2) is 11.3 Å². The van der Waals surface area contributed by atoms with E-state index >= 15 is 0 Å². The van der Waals surface area contributed by atoms with Crippen molar-refractivity contribution in [3.05, 3.63) is 23.8 Å². The highest BCUT2D eigenvalue weighted by molar-refractivity contribution is 8.00. The number of thioether (sulfide) groups is 1. The van der Waals surface area contributed by atoms with E-state index in [1.165, 1.54) is 23.3 Å². The zero-order valence-electron chi connectivity index (χ0n) is 9.78. The second-order valence-electron chi connectivity index (χ2n) is 4.70. The molecule has 1 aliphatic carbocycles. The van der Waals surface area contributed by atoms with Gasteiger partial charge in [0.15, 0.2) is 0 Å². The number of hydrogen-bond acceptors (Lipinski definition) is 3. The molecule has 1 saturated carbocycles. The molecule has 0 amide bonds. The Morgan fingerprint density at radius 3 is 2.56 bits per heavy atom. The maximum atomic E-state index is 5.99. The Morgan fingerprint density at radius 2 is 1.88 bits per heavy atom. The highest BCUT2D eigenvalue weighted by atomic mass is 32.2. The topological polar surface area (TPSA) is 52.0 Å². The first-order valence-corrected chi connectivity index (χ1v) is 6.81. The number of benzene rings is 1. The first-order chi connectivity index (χ1) is 7.65. The molecule has 0 atom stereocenters. The number of nitrogens with two attached hydrogens (primary N) is 2. The minimum Gasteiger partial charge on any atom is -0.398 e. The van der Waals surface area contributed by atoms with Gasteiger partial charge in [0.2, 0.25) is 0 Å². The highest BCUT2D eigenvalue weighted by Crippen LogP contribution is 2.36. The number of hydrogen-bond donors (Lipinski definition) is 2. The number of rotatable bonds is 2. The molecule has 1 aliphatic rings. The molecule has 16 heavy (non-hydrogen) atoms. The van der Waals surface area contributed by atoms with Crippen molar-refractivity contribution in [3.8, 4) is 0 Å². The SMILES string of the molecule is Cc1ccc(N)c(SC2CCC(N)CC2)c1. The van der Waals surface area contributed by atoms with Gasteiger partial charge >= 0.3 is 0 Å². The van der Waals surface area contributed by atoms with Gasteiger partial charge in [-0.3, -0.25) is 0 Å². The van der Waals surface area contributed by atoms with Crippen LogP contribution in [0.15, 0.2) is 23.1 Å². The predicted molar refractivity (Wildman–Crippen MR) is 71.7 cm³/mol. The fourth-order valence-corrected chi connectivity index (χ4v) is 3.45. The lowest BCUT2D eigenvalue weighted by atomic mass is 9.96. The maximum Gasteiger partial charge on any atom is 0.0452 e. The monoisotopic (exact) mass is 236 g/mol. The molecule has 3 heteroatoms. The maximum absolute atomic E-state index is 5.99. The average molecular weight is 236 g/mol. The van der Waals surface area contributed by atoms with Crippen LogP contribution in [0.25, 0.3) is 0 Å². The van der Waals surface area contributed by atoms with Crippen LogP contribution in [-0.2, 0) is 0 Å². The summed E-state index contributed by atoms with van der Waals surface area (Å²) in [6.45, 7) is 2.11. The Kier molecular flexibility index (Phi) is 3.77. The Morgan fingerprint density at radius 1 is 1.19 bits per heavy atom. The van der Waals surface area contributed by atoms with Crippen molar-refractivity contribution in [2.75, 3.05) is 5.73 Å². The fourth-order valence-electron chi connectivity index (χ4n) is 2.13. The average Bonchev–Trinajstić information content (AvgIpc) is 2.27. The van der Waals surface area contributed by atoms with Crippen LogP contribution in [0, 0.1) is 6.92 Å². The molecule has 0 aliphatic heterocycles. The molecule has 0 spiro atoms. The smallest absolute Gasteiger partial charge is 0.0452 e. The van der Waals surface area contributed by atoms with Gasteiger partial charge in [0.25, 0.3) is 0 Å². The van der Waals surface area contributed by atoms with Crippen LogP contribution >= 0.6 is 11.8 Å².